The molecule has 1 saturated carbocycles. The van der Waals surface area contributed by atoms with Gasteiger partial charge in [-0.05, 0) is 55.2 Å². The SMILES string of the molecule is CN1C(=O)C2(CCCc3cnc(C#CC4CC4)cc32)N=C1N. The van der Waals surface area contributed by atoms with Gasteiger partial charge in [-0.3, -0.25) is 9.69 Å². The number of nitrogens with zero attached hydrogens (tertiary/aromatic N) is 3. The molecule has 22 heavy (non-hydrogen) atoms. The number of carbonyl (C=O) groups is 1. The molecule has 1 unspecified atom stereocenters. The first kappa shape index (κ1) is 13.3. The van der Waals surface area contributed by atoms with Gasteiger partial charge in [-0.2, -0.15) is 0 Å². The number of nitrogens with two attached hydrogens (primary N) is 1. The Morgan fingerprint density at radius 1 is 1.45 bits per heavy atom. The van der Waals surface area contributed by atoms with Crippen LogP contribution in [0, 0.1) is 17.8 Å². The van der Waals surface area contributed by atoms with E-state index in [1.54, 1.807) is 7.05 Å². The van der Waals surface area contributed by atoms with Gasteiger partial charge in [0.05, 0.1) is 0 Å². The summed E-state index contributed by atoms with van der Waals surface area (Å²) in [7, 11) is 1.68. The summed E-state index contributed by atoms with van der Waals surface area (Å²) < 4.78 is 0. The zero-order chi connectivity index (χ0) is 15.3. The maximum Gasteiger partial charge on any atom is 0.261 e. The topological polar surface area (TPSA) is 71.6 Å². The second-order valence-corrected chi connectivity index (χ2v) is 6.32. The highest BCUT2D eigenvalue weighted by Crippen LogP contribution is 2.42. The normalized spacial score (nSPS) is 26.5. The van der Waals surface area contributed by atoms with Gasteiger partial charge >= 0.3 is 0 Å². The Kier molecular flexibility index (Phi) is 2.77. The molecule has 0 bridgehead atoms. The average molecular weight is 294 g/mol. The molecular formula is C17H18N4O. The third-order valence-corrected chi connectivity index (χ3v) is 4.71. The Balaban J connectivity index is 1.81. The van der Waals surface area contributed by atoms with Crippen molar-refractivity contribution in [2.24, 2.45) is 16.6 Å². The van der Waals surface area contributed by atoms with Crippen LogP contribution in [0.4, 0.5) is 0 Å². The fourth-order valence-electron chi connectivity index (χ4n) is 3.25. The van der Waals surface area contributed by atoms with Crippen molar-refractivity contribution in [3.63, 3.8) is 0 Å². The van der Waals surface area contributed by atoms with Gasteiger partial charge in [-0.15, -0.1) is 0 Å². The lowest BCUT2D eigenvalue weighted by molar-refractivity contribution is -0.131. The zero-order valence-corrected chi connectivity index (χ0v) is 12.6. The first-order chi connectivity index (χ1) is 10.6. The highest BCUT2D eigenvalue weighted by molar-refractivity contribution is 6.07. The molecule has 0 radical (unpaired) electrons. The van der Waals surface area contributed by atoms with E-state index in [1.165, 1.54) is 17.7 Å². The number of aliphatic imine (C=N–C) groups is 1. The maximum absolute atomic E-state index is 12.7. The van der Waals surface area contributed by atoms with Crippen LogP contribution >= 0.6 is 0 Å². The van der Waals surface area contributed by atoms with Gasteiger partial charge in [0.25, 0.3) is 5.91 Å². The summed E-state index contributed by atoms with van der Waals surface area (Å²) >= 11 is 0. The van der Waals surface area contributed by atoms with Crippen LogP contribution < -0.4 is 5.73 Å². The second kappa shape index (κ2) is 4.57. The number of hydrogen-bond acceptors (Lipinski definition) is 4. The average Bonchev–Trinajstić information content (AvgIpc) is 3.32. The molecule has 5 nitrogen and oxygen atoms in total. The second-order valence-electron chi connectivity index (χ2n) is 6.32. The molecule has 1 amide bonds. The van der Waals surface area contributed by atoms with E-state index in [0.717, 1.165) is 29.7 Å². The van der Waals surface area contributed by atoms with Gasteiger partial charge in [0.15, 0.2) is 11.5 Å². The monoisotopic (exact) mass is 294 g/mol. The Labute approximate surface area is 129 Å². The van der Waals surface area contributed by atoms with Crippen LogP contribution in [0.25, 0.3) is 0 Å². The molecule has 1 aliphatic heterocycles. The summed E-state index contributed by atoms with van der Waals surface area (Å²) in [6.45, 7) is 0. The van der Waals surface area contributed by atoms with E-state index < -0.39 is 5.54 Å². The summed E-state index contributed by atoms with van der Waals surface area (Å²) in [6.07, 6.45) is 6.76. The molecule has 1 atom stereocenters. The minimum atomic E-state index is -0.856. The number of hydrogen-bond donors (Lipinski definition) is 1. The number of carbonyl (C=O) groups excluding carboxylic acids is 1. The van der Waals surface area contributed by atoms with E-state index >= 15 is 0 Å². The molecule has 1 aromatic heterocycles. The Bertz CT molecular complexity index is 754. The van der Waals surface area contributed by atoms with Crippen molar-refractivity contribution in [3.05, 3.63) is 29.1 Å². The number of pyridine rings is 1. The number of fused-ring (bicyclic) bond motifs is 2. The standard InChI is InChI=1S/C17H18N4O/c1-21-15(22)17(20-16(21)18)8-2-3-12-10-19-13(9-14(12)17)7-6-11-4-5-11/h9-11H,2-5,8H2,1H3,(H2,18,20). The molecule has 2 heterocycles. The van der Waals surface area contributed by atoms with Gasteiger partial charge in [0.2, 0.25) is 0 Å². The highest BCUT2D eigenvalue weighted by atomic mass is 16.2. The van der Waals surface area contributed by atoms with Crippen molar-refractivity contribution >= 4 is 11.9 Å². The Hall–Kier alpha value is -2.35. The van der Waals surface area contributed by atoms with Crippen LogP contribution in [0.15, 0.2) is 17.3 Å². The number of amides is 1. The predicted molar refractivity (Wildman–Crippen MR) is 82.8 cm³/mol. The molecule has 2 aliphatic carbocycles. The quantitative estimate of drug-likeness (QED) is 0.730. The summed E-state index contributed by atoms with van der Waals surface area (Å²) in [5, 5.41) is 0. The lowest BCUT2D eigenvalue weighted by atomic mass is 9.77. The Morgan fingerprint density at radius 2 is 2.27 bits per heavy atom. The Morgan fingerprint density at radius 3 is 2.95 bits per heavy atom. The maximum atomic E-state index is 12.7. The van der Waals surface area contributed by atoms with Gasteiger partial charge in [0.1, 0.15) is 5.69 Å². The molecule has 4 rings (SSSR count). The van der Waals surface area contributed by atoms with E-state index in [9.17, 15) is 4.79 Å². The van der Waals surface area contributed by atoms with E-state index in [0.29, 0.717) is 18.3 Å². The minimum Gasteiger partial charge on any atom is -0.369 e. The van der Waals surface area contributed by atoms with Crippen molar-refractivity contribution in [1.82, 2.24) is 9.88 Å². The molecule has 2 N–H and O–H groups in total. The summed E-state index contributed by atoms with van der Waals surface area (Å²) in [6, 6.07) is 1.94. The van der Waals surface area contributed by atoms with Gasteiger partial charge < -0.3 is 5.73 Å². The molecule has 1 aromatic rings. The summed E-state index contributed by atoms with van der Waals surface area (Å²) in [5.74, 6) is 7.13. The lowest BCUT2D eigenvalue weighted by Crippen LogP contribution is -2.42. The number of rotatable bonds is 0. The third-order valence-electron chi connectivity index (χ3n) is 4.71. The van der Waals surface area contributed by atoms with Crippen LogP contribution in [0.3, 0.4) is 0 Å². The third kappa shape index (κ3) is 1.91. The highest BCUT2D eigenvalue weighted by Gasteiger charge is 2.50. The molecule has 1 spiro atoms. The van der Waals surface area contributed by atoms with E-state index in [2.05, 4.69) is 21.8 Å². The van der Waals surface area contributed by atoms with Crippen LogP contribution in [-0.2, 0) is 16.8 Å². The zero-order valence-electron chi connectivity index (χ0n) is 12.6. The van der Waals surface area contributed by atoms with Gasteiger partial charge in [0, 0.05) is 19.2 Å². The predicted octanol–water partition coefficient (Wildman–Crippen LogP) is 1.16. The van der Waals surface area contributed by atoms with E-state index in [4.69, 9.17) is 5.73 Å². The fraction of sp³-hybridized carbons (Fsp3) is 0.471. The number of guanidine groups is 1. The minimum absolute atomic E-state index is 0.0433. The number of aryl methyl sites for hydroxylation is 1. The van der Waals surface area contributed by atoms with Crippen LogP contribution in [0.1, 0.15) is 42.5 Å². The van der Waals surface area contributed by atoms with Crippen LogP contribution in [-0.4, -0.2) is 28.8 Å². The summed E-state index contributed by atoms with van der Waals surface area (Å²) in [4.78, 5) is 23.1. The lowest BCUT2D eigenvalue weighted by Gasteiger charge is -2.31. The first-order valence-electron chi connectivity index (χ1n) is 7.74. The van der Waals surface area contributed by atoms with Crippen molar-refractivity contribution < 1.29 is 4.79 Å². The van der Waals surface area contributed by atoms with Crippen molar-refractivity contribution in [1.29, 1.82) is 0 Å². The molecular weight excluding hydrogens is 276 g/mol. The first-order valence-corrected chi connectivity index (χ1v) is 7.74. The molecule has 0 aromatic carbocycles. The van der Waals surface area contributed by atoms with Crippen LogP contribution in [0.2, 0.25) is 0 Å². The molecule has 3 aliphatic rings. The number of likely N-dealkylation sites (N-methyl/N-ethyl adjacent to an activating group) is 1. The largest absolute Gasteiger partial charge is 0.369 e. The molecule has 5 heteroatoms. The van der Waals surface area contributed by atoms with Crippen LogP contribution in [0.5, 0.6) is 0 Å². The van der Waals surface area contributed by atoms with Gasteiger partial charge in [-0.25, -0.2) is 9.98 Å². The van der Waals surface area contributed by atoms with E-state index in [1.807, 2.05) is 12.3 Å². The molecule has 112 valence electrons. The summed E-state index contributed by atoms with van der Waals surface area (Å²) in [5.41, 5.74) is 7.78. The van der Waals surface area contributed by atoms with Crippen molar-refractivity contribution in [2.75, 3.05) is 7.05 Å². The van der Waals surface area contributed by atoms with Gasteiger partial charge in [-0.1, -0.05) is 5.92 Å². The van der Waals surface area contributed by atoms with Crippen molar-refractivity contribution in [2.45, 2.75) is 37.6 Å². The fourth-order valence-corrected chi connectivity index (χ4v) is 3.25. The smallest absolute Gasteiger partial charge is 0.261 e. The van der Waals surface area contributed by atoms with Crippen molar-refractivity contribution in [3.8, 4) is 11.8 Å². The van der Waals surface area contributed by atoms with E-state index in [-0.39, 0.29) is 5.91 Å². The number of aromatic nitrogens is 1. The molecule has 0 saturated heterocycles. The molecule has 1 fully saturated rings.